The molecule has 0 fully saturated rings. The molecule has 0 radical (unpaired) electrons. The normalized spacial score (nSPS) is 10.3. The van der Waals surface area contributed by atoms with Gasteiger partial charge in [-0.05, 0) is 47.9 Å². The van der Waals surface area contributed by atoms with Crippen LogP contribution in [0, 0.1) is 6.92 Å². The van der Waals surface area contributed by atoms with Crippen molar-refractivity contribution in [3.63, 3.8) is 0 Å². The maximum Gasteiger partial charge on any atom is 0.255 e. The average Bonchev–Trinajstić information content (AvgIpc) is 2.60. The zero-order valence-electron chi connectivity index (χ0n) is 12.7. The number of carbonyl (C=O) groups excluding carboxylic acids is 1. The number of carbonyl (C=O) groups is 1. The fourth-order valence-corrected chi connectivity index (χ4v) is 2.56. The van der Waals surface area contributed by atoms with E-state index in [1.807, 2.05) is 73.7 Å². The molecule has 3 aromatic rings. The second-order valence-electron chi connectivity index (χ2n) is 5.31. The van der Waals surface area contributed by atoms with Gasteiger partial charge in [-0.3, -0.25) is 4.79 Å². The van der Waals surface area contributed by atoms with E-state index in [-0.39, 0.29) is 5.91 Å². The van der Waals surface area contributed by atoms with Crippen molar-refractivity contribution in [2.75, 3.05) is 5.32 Å². The Labute approximate surface area is 140 Å². The molecule has 0 unspecified atom stereocenters. The van der Waals surface area contributed by atoms with Crippen LogP contribution >= 0.6 is 11.6 Å². The van der Waals surface area contributed by atoms with Crippen molar-refractivity contribution in [3.05, 3.63) is 88.9 Å². The van der Waals surface area contributed by atoms with E-state index in [9.17, 15) is 4.79 Å². The fourth-order valence-electron chi connectivity index (χ4n) is 2.38. The summed E-state index contributed by atoms with van der Waals surface area (Å²) in [6, 6.07) is 23.1. The molecule has 1 N–H and O–H groups in total. The molecule has 0 atom stereocenters. The van der Waals surface area contributed by atoms with E-state index >= 15 is 0 Å². The summed E-state index contributed by atoms with van der Waals surface area (Å²) in [5.74, 6) is -0.144. The minimum Gasteiger partial charge on any atom is -0.322 e. The number of anilines is 1. The van der Waals surface area contributed by atoms with E-state index in [0.29, 0.717) is 10.6 Å². The van der Waals surface area contributed by atoms with Gasteiger partial charge in [-0.2, -0.15) is 0 Å². The molecule has 0 saturated carbocycles. The molecule has 3 heteroatoms. The van der Waals surface area contributed by atoms with E-state index in [1.165, 1.54) is 0 Å². The van der Waals surface area contributed by atoms with Crippen molar-refractivity contribution in [3.8, 4) is 11.1 Å². The molecule has 0 aliphatic carbocycles. The van der Waals surface area contributed by atoms with Gasteiger partial charge < -0.3 is 5.32 Å². The van der Waals surface area contributed by atoms with E-state index in [1.54, 1.807) is 6.07 Å². The molecule has 0 heterocycles. The molecule has 1 amide bonds. The summed E-state index contributed by atoms with van der Waals surface area (Å²) >= 11 is 6.08. The van der Waals surface area contributed by atoms with E-state index < -0.39 is 0 Å². The van der Waals surface area contributed by atoms with Crippen LogP contribution in [0.5, 0.6) is 0 Å². The second kappa shape index (κ2) is 6.67. The van der Waals surface area contributed by atoms with Crippen LogP contribution in [-0.4, -0.2) is 5.91 Å². The summed E-state index contributed by atoms with van der Waals surface area (Å²) in [4.78, 5) is 12.4. The van der Waals surface area contributed by atoms with Crippen molar-refractivity contribution in [2.45, 2.75) is 6.92 Å². The number of nitrogens with one attached hydrogen (secondary N) is 1. The SMILES string of the molecule is Cc1c(Cl)cccc1NC(=O)c1ccc(-c2ccccc2)cc1. The van der Waals surface area contributed by atoms with Crippen molar-refractivity contribution in [1.29, 1.82) is 0 Å². The number of rotatable bonds is 3. The van der Waals surface area contributed by atoms with Crippen LogP contribution in [0.4, 0.5) is 5.69 Å². The molecule has 3 aromatic carbocycles. The fraction of sp³-hybridized carbons (Fsp3) is 0.0500. The highest BCUT2D eigenvalue weighted by Crippen LogP contribution is 2.24. The maximum absolute atomic E-state index is 12.4. The van der Waals surface area contributed by atoms with Crippen LogP contribution in [0.2, 0.25) is 5.02 Å². The van der Waals surface area contributed by atoms with Gasteiger partial charge in [0, 0.05) is 16.3 Å². The lowest BCUT2D eigenvalue weighted by Crippen LogP contribution is -2.12. The van der Waals surface area contributed by atoms with Crippen LogP contribution in [0.1, 0.15) is 15.9 Å². The Morgan fingerprint density at radius 1 is 0.826 bits per heavy atom. The van der Waals surface area contributed by atoms with Gasteiger partial charge >= 0.3 is 0 Å². The first-order valence-corrected chi connectivity index (χ1v) is 7.75. The third kappa shape index (κ3) is 3.43. The summed E-state index contributed by atoms with van der Waals surface area (Å²) < 4.78 is 0. The summed E-state index contributed by atoms with van der Waals surface area (Å²) in [5, 5.41) is 3.54. The van der Waals surface area contributed by atoms with Gasteiger partial charge in [-0.25, -0.2) is 0 Å². The highest BCUT2D eigenvalue weighted by Gasteiger charge is 2.09. The minimum absolute atomic E-state index is 0.144. The van der Waals surface area contributed by atoms with Crippen LogP contribution < -0.4 is 5.32 Å². The van der Waals surface area contributed by atoms with Crippen molar-refractivity contribution in [2.24, 2.45) is 0 Å². The van der Waals surface area contributed by atoms with Crippen LogP contribution in [0.3, 0.4) is 0 Å². The third-order valence-corrected chi connectivity index (χ3v) is 4.18. The van der Waals surface area contributed by atoms with E-state index in [4.69, 9.17) is 11.6 Å². The molecule has 0 aromatic heterocycles. The minimum atomic E-state index is -0.144. The predicted octanol–water partition coefficient (Wildman–Crippen LogP) is 5.57. The molecule has 23 heavy (non-hydrogen) atoms. The first-order chi connectivity index (χ1) is 11.1. The molecule has 0 bridgehead atoms. The zero-order chi connectivity index (χ0) is 16.2. The molecule has 0 saturated heterocycles. The van der Waals surface area contributed by atoms with Gasteiger partial charge in [0.2, 0.25) is 0 Å². The predicted molar refractivity (Wildman–Crippen MR) is 96.0 cm³/mol. The number of benzene rings is 3. The Morgan fingerprint density at radius 2 is 1.48 bits per heavy atom. The maximum atomic E-state index is 12.4. The smallest absolute Gasteiger partial charge is 0.255 e. The largest absolute Gasteiger partial charge is 0.322 e. The average molecular weight is 322 g/mol. The molecule has 114 valence electrons. The molecule has 0 spiro atoms. The topological polar surface area (TPSA) is 29.1 Å². The van der Waals surface area contributed by atoms with Gasteiger partial charge in [-0.1, -0.05) is 60.1 Å². The monoisotopic (exact) mass is 321 g/mol. The Kier molecular flexibility index (Phi) is 4.45. The number of hydrogen-bond donors (Lipinski definition) is 1. The number of halogens is 1. The zero-order valence-corrected chi connectivity index (χ0v) is 13.5. The van der Waals surface area contributed by atoms with E-state index in [2.05, 4.69) is 5.32 Å². The Hall–Kier alpha value is -2.58. The lowest BCUT2D eigenvalue weighted by Gasteiger charge is -2.10. The van der Waals surface area contributed by atoms with E-state index in [0.717, 1.165) is 22.4 Å². The molecular weight excluding hydrogens is 306 g/mol. The van der Waals surface area contributed by atoms with Crippen LogP contribution in [0.15, 0.2) is 72.8 Å². The molecular formula is C20H16ClNO. The Morgan fingerprint density at radius 3 is 2.17 bits per heavy atom. The second-order valence-corrected chi connectivity index (χ2v) is 5.72. The number of hydrogen-bond acceptors (Lipinski definition) is 1. The summed E-state index contributed by atoms with van der Waals surface area (Å²) in [6.07, 6.45) is 0. The first-order valence-electron chi connectivity index (χ1n) is 7.37. The molecule has 2 nitrogen and oxygen atoms in total. The molecule has 0 aliphatic heterocycles. The summed E-state index contributed by atoms with van der Waals surface area (Å²) in [7, 11) is 0. The van der Waals surface area contributed by atoms with Gasteiger partial charge in [0.25, 0.3) is 5.91 Å². The van der Waals surface area contributed by atoms with Crippen LogP contribution in [0.25, 0.3) is 11.1 Å². The molecule has 0 aliphatic rings. The summed E-state index contributed by atoms with van der Waals surface area (Å²) in [6.45, 7) is 1.89. The first kappa shape index (κ1) is 15.3. The Balaban J connectivity index is 1.79. The lowest BCUT2D eigenvalue weighted by molar-refractivity contribution is 0.102. The quantitative estimate of drug-likeness (QED) is 0.671. The lowest BCUT2D eigenvalue weighted by atomic mass is 10.0. The highest BCUT2D eigenvalue weighted by atomic mass is 35.5. The Bertz CT molecular complexity index is 826. The molecule has 3 rings (SSSR count). The van der Waals surface area contributed by atoms with Crippen molar-refractivity contribution >= 4 is 23.2 Å². The van der Waals surface area contributed by atoms with Gasteiger partial charge in [0.15, 0.2) is 0 Å². The standard InChI is InChI=1S/C20H16ClNO/c1-14-18(21)8-5-9-19(14)22-20(23)17-12-10-16(11-13-17)15-6-3-2-4-7-15/h2-13H,1H3,(H,22,23). The van der Waals surface area contributed by atoms with Crippen molar-refractivity contribution < 1.29 is 4.79 Å². The van der Waals surface area contributed by atoms with Gasteiger partial charge in [0.1, 0.15) is 0 Å². The number of amides is 1. The van der Waals surface area contributed by atoms with Gasteiger partial charge in [-0.15, -0.1) is 0 Å². The van der Waals surface area contributed by atoms with Gasteiger partial charge in [0.05, 0.1) is 0 Å². The highest BCUT2D eigenvalue weighted by molar-refractivity contribution is 6.31. The van der Waals surface area contributed by atoms with Crippen LogP contribution in [-0.2, 0) is 0 Å². The third-order valence-electron chi connectivity index (χ3n) is 3.77. The van der Waals surface area contributed by atoms with Crippen molar-refractivity contribution in [1.82, 2.24) is 0 Å². The summed E-state index contributed by atoms with van der Waals surface area (Å²) in [5.41, 5.74) is 4.42.